The minimum atomic E-state index is -2.63. The van der Waals surface area contributed by atoms with Crippen LogP contribution in [0.5, 0.6) is 0 Å². The van der Waals surface area contributed by atoms with Crippen LogP contribution in [0, 0.1) is 5.92 Å². The predicted octanol–water partition coefficient (Wildman–Crippen LogP) is 3.34. The summed E-state index contributed by atoms with van der Waals surface area (Å²) in [6.45, 7) is 0.920. The van der Waals surface area contributed by atoms with Crippen molar-refractivity contribution in [2.75, 3.05) is 13.6 Å². The average Bonchev–Trinajstić information content (AvgIpc) is 3.14. The summed E-state index contributed by atoms with van der Waals surface area (Å²) < 4.78 is 27.8. The van der Waals surface area contributed by atoms with E-state index in [9.17, 15) is 8.78 Å². The van der Waals surface area contributed by atoms with Crippen molar-refractivity contribution in [1.82, 2.24) is 5.32 Å². The Labute approximate surface area is 101 Å². The van der Waals surface area contributed by atoms with Gasteiger partial charge in [0.05, 0.1) is 0 Å². The molecule has 0 aliphatic heterocycles. The summed E-state index contributed by atoms with van der Waals surface area (Å²) in [5.74, 6) is -3.05. The third-order valence-electron chi connectivity index (χ3n) is 3.29. The summed E-state index contributed by atoms with van der Waals surface area (Å²) in [4.78, 5) is 0. The van der Waals surface area contributed by atoms with Gasteiger partial charge in [-0.3, -0.25) is 0 Å². The summed E-state index contributed by atoms with van der Waals surface area (Å²) in [5, 5.41) is 3.06. The minimum Gasteiger partial charge on any atom is -0.320 e. The number of rotatable bonds is 6. The predicted molar refractivity (Wildman–Crippen MR) is 65.3 cm³/mol. The van der Waals surface area contributed by atoms with E-state index >= 15 is 0 Å². The van der Waals surface area contributed by atoms with E-state index in [1.54, 1.807) is 18.2 Å². The van der Waals surface area contributed by atoms with Crippen molar-refractivity contribution in [3.05, 3.63) is 35.4 Å². The summed E-state index contributed by atoms with van der Waals surface area (Å²) in [5.41, 5.74) is 1.21. The van der Waals surface area contributed by atoms with Gasteiger partial charge in [-0.05, 0) is 50.9 Å². The second-order valence-corrected chi connectivity index (χ2v) is 4.80. The highest BCUT2D eigenvalue weighted by Crippen LogP contribution is 2.49. The second-order valence-electron chi connectivity index (χ2n) is 4.80. The molecule has 0 saturated heterocycles. The van der Waals surface area contributed by atoms with Crippen molar-refractivity contribution < 1.29 is 8.78 Å². The topological polar surface area (TPSA) is 12.0 Å². The molecule has 2 rings (SSSR count). The molecule has 1 nitrogen and oxygen atoms in total. The second kappa shape index (κ2) is 5.13. The first-order chi connectivity index (χ1) is 8.14. The zero-order chi connectivity index (χ0) is 12.3. The molecule has 1 aromatic rings. The fraction of sp³-hybridized carbons (Fsp3) is 0.571. The van der Waals surface area contributed by atoms with E-state index in [2.05, 4.69) is 5.32 Å². The van der Waals surface area contributed by atoms with Gasteiger partial charge in [0.1, 0.15) is 0 Å². The molecule has 0 amide bonds. The lowest BCUT2D eigenvalue weighted by Gasteiger charge is -2.16. The SMILES string of the molecule is CNCCCc1cccc(C(F)(F)C2CC2)c1. The Hall–Kier alpha value is -0.960. The maximum Gasteiger partial charge on any atom is 0.276 e. The summed E-state index contributed by atoms with van der Waals surface area (Å²) in [6.07, 6.45) is 3.17. The van der Waals surface area contributed by atoms with E-state index in [0.29, 0.717) is 12.8 Å². The van der Waals surface area contributed by atoms with Gasteiger partial charge in [0.15, 0.2) is 0 Å². The number of nitrogens with one attached hydrogen (secondary N) is 1. The molecule has 3 heteroatoms. The van der Waals surface area contributed by atoms with E-state index in [0.717, 1.165) is 24.9 Å². The Morgan fingerprint density at radius 1 is 1.35 bits per heavy atom. The molecule has 94 valence electrons. The number of alkyl halides is 2. The Morgan fingerprint density at radius 2 is 2.12 bits per heavy atom. The Balaban J connectivity index is 2.05. The highest BCUT2D eigenvalue weighted by Gasteiger charge is 2.47. The van der Waals surface area contributed by atoms with Crippen LogP contribution in [0.15, 0.2) is 24.3 Å². The average molecular weight is 239 g/mol. The highest BCUT2D eigenvalue weighted by molar-refractivity contribution is 5.28. The molecule has 1 fully saturated rings. The number of hydrogen-bond donors (Lipinski definition) is 1. The largest absolute Gasteiger partial charge is 0.320 e. The number of aryl methyl sites for hydroxylation is 1. The monoisotopic (exact) mass is 239 g/mol. The van der Waals surface area contributed by atoms with Crippen LogP contribution in [0.1, 0.15) is 30.4 Å². The van der Waals surface area contributed by atoms with Crippen LogP contribution in [0.2, 0.25) is 0 Å². The van der Waals surface area contributed by atoms with E-state index in [-0.39, 0.29) is 5.56 Å². The molecule has 0 atom stereocenters. The zero-order valence-electron chi connectivity index (χ0n) is 10.2. The van der Waals surface area contributed by atoms with E-state index in [1.165, 1.54) is 0 Å². The third-order valence-corrected chi connectivity index (χ3v) is 3.29. The smallest absolute Gasteiger partial charge is 0.276 e. The Kier molecular flexibility index (Phi) is 3.77. The number of hydrogen-bond acceptors (Lipinski definition) is 1. The van der Waals surface area contributed by atoms with Crippen LogP contribution in [0.3, 0.4) is 0 Å². The molecule has 1 saturated carbocycles. The number of halogens is 2. The number of benzene rings is 1. The molecule has 1 aromatic carbocycles. The van der Waals surface area contributed by atoms with Gasteiger partial charge in [0, 0.05) is 11.5 Å². The molecule has 0 heterocycles. The molecule has 0 unspecified atom stereocenters. The summed E-state index contributed by atoms with van der Waals surface area (Å²) >= 11 is 0. The van der Waals surface area contributed by atoms with Gasteiger partial charge in [-0.25, -0.2) is 8.78 Å². The van der Waals surface area contributed by atoms with Crippen LogP contribution in [0.25, 0.3) is 0 Å². The van der Waals surface area contributed by atoms with Crippen LogP contribution >= 0.6 is 0 Å². The van der Waals surface area contributed by atoms with Gasteiger partial charge in [-0.1, -0.05) is 18.2 Å². The molecule has 0 radical (unpaired) electrons. The van der Waals surface area contributed by atoms with Crippen LogP contribution < -0.4 is 5.32 Å². The van der Waals surface area contributed by atoms with E-state index in [1.807, 2.05) is 13.1 Å². The molecular formula is C14H19F2N. The molecule has 1 aliphatic carbocycles. The lowest BCUT2D eigenvalue weighted by atomic mass is 10.00. The lowest BCUT2D eigenvalue weighted by Crippen LogP contribution is -2.16. The van der Waals surface area contributed by atoms with E-state index in [4.69, 9.17) is 0 Å². The standard InChI is InChI=1S/C14H19F2N/c1-17-9-3-5-11-4-2-6-13(10-11)14(15,16)12-7-8-12/h2,4,6,10,12,17H,3,5,7-9H2,1H3. The van der Waals surface area contributed by atoms with E-state index < -0.39 is 11.8 Å². The van der Waals surface area contributed by atoms with Gasteiger partial charge >= 0.3 is 0 Å². The molecule has 0 spiro atoms. The Morgan fingerprint density at radius 3 is 2.76 bits per heavy atom. The van der Waals surface area contributed by atoms with Crippen molar-refractivity contribution in [2.45, 2.75) is 31.6 Å². The van der Waals surface area contributed by atoms with Gasteiger partial charge in [0.2, 0.25) is 0 Å². The van der Waals surface area contributed by atoms with Crippen molar-refractivity contribution >= 4 is 0 Å². The van der Waals surface area contributed by atoms with Gasteiger partial charge in [0.25, 0.3) is 5.92 Å². The zero-order valence-corrected chi connectivity index (χ0v) is 10.2. The van der Waals surface area contributed by atoms with Crippen LogP contribution in [-0.2, 0) is 12.3 Å². The first-order valence-corrected chi connectivity index (χ1v) is 6.26. The van der Waals surface area contributed by atoms with Crippen molar-refractivity contribution in [3.63, 3.8) is 0 Å². The lowest BCUT2D eigenvalue weighted by molar-refractivity contribution is -0.0286. The minimum absolute atomic E-state index is 0.196. The summed E-state index contributed by atoms with van der Waals surface area (Å²) in [7, 11) is 1.90. The molecule has 0 aromatic heterocycles. The summed E-state index contributed by atoms with van der Waals surface area (Å²) in [6, 6.07) is 6.91. The Bertz CT molecular complexity index is 372. The molecular weight excluding hydrogens is 220 g/mol. The fourth-order valence-electron chi connectivity index (χ4n) is 2.09. The van der Waals surface area contributed by atoms with Gasteiger partial charge in [-0.2, -0.15) is 0 Å². The molecule has 17 heavy (non-hydrogen) atoms. The molecule has 1 aliphatic rings. The maximum atomic E-state index is 13.9. The van der Waals surface area contributed by atoms with Crippen molar-refractivity contribution in [3.8, 4) is 0 Å². The normalized spacial score (nSPS) is 16.2. The first kappa shape index (κ1) is 12.5. The molecule has 1 N–H and O–H groups in total. The van der Waals surface area contributed by atoms with Crippen LogP contribution in [0.4, 0.5) is 8.78 Å². The fourth-order valence-corrected chi connectivity index (χ4v) is 2.09. The van der Waals surface area contributed by atoms with Crippen LogP contribution in [-0.4, -0.2) is 13.6 Å². The highest BCUT2D eigenvalue weighted by atomic mass is 19.3. The van der Waals surface area contributed by atoms with Crippen molar-refractivity contribution in [2.24, 2.45) is 5.92 Å². The third kappa shape index (κ3) is 3.03. The quantitative estimate of drug-likeness (QED) is 0.751. The van der Waals surface area contributed by atoms with Crippen molar-refractivity contribution in [1.29, 1.82) is 0 Å². The maximum absolute atomic E-state index is 13.9. The van der Waals surface area contributed by atoms with Gasteiger partial charge < -0.3 is 5.32 Å². The first-order valence-electron chi connectivity index (χ1n) is 6.26. The van der Waals surface area contributed by atoms with Gasteiger partial charge in [-0.15, -0.1) is 0 Å². The molecule has 0 bridgehead atoms.